The lowest BCUT2D eigenvalue weighted by Crippen LogP contribution is -2.33. The van der Waals surface area contributed by atoms with Crippen LogP contribution in [0.5, 0.6) is 0 Å². The minimum atomic E-state index is -0.800. The van der Waals surface area contributed by atoms with Crippen LogP contribution in [0, 0.1) is 0 Å². The Hall–Kier alpha value is -3.74. The molecule has 7 heteroatoms. The van der Waals surface area contributed by atoms with Gasteiger partial charge in [0.25, 0.3) is 5.56 Å². The van der Waals surface area contributed by atoms with Crippen LogP contribution in [0.4, 0.5) is 11.4 Å². The number of nitrogens with one attached hydrogen (secondary N) is 2. The Labute approximate surface area is 162 Å². The van der Waals surface area contributed by atoms with E-state index in [1.165, 1.54) is 17.7 Å². The average Bonchev–Trinajstić information content (AvgIpc) is 2.69. The van der Waals surface area contributed by atoms with E-state index >= 15 is 0 Å². The zero-order chi connectivity index (χ0) is 20.1. The molecule has 28 heavy (non-hydrogen) atoms. The normalized spacial score (nSPS) is 11.5. The van der Waals surface area contributed by atoms with Crippen molar-refractivity contribution in [3.63, 3.8) is 0 Å². The van der Waals surface area contributed by atoms with Gasteiger partial charge in [-0.1, -0.05) is 30.3 Å². The topological polar surface area (TPSA) is 93.1 Å². The first kappa shape index (κ1) is 19.0. The highest BCUT2D eigenvalue weighted by molar-refractivity contribution is 5.94. The number of nitrogens with zero attached hydrogens (tertiary/aromatic N) is 2. The van der Waals surface area contributed by atoms with Gasteiger partial charge in [-0.05, 0) is 37.3 Å². The van der Waals surface area contributed by atoms with E-state index in [1.54, 1.807) is 37.3 Å². The lowest BCUT2D eigenvalue weighted by Gasteiger charge is -2.15. The van der Waals surface area contributed by atoms with Crippen LogP contribution >= 0.6 is 0 Å². The Morgan fingerprint density at radius 1 is 0.893 bits per heavy atom. The van der Waals surface area contributed by atoms with Gasteiger partial charge in [-0.2, -0.15) is 5.10 Å². The standard InChI is InChI=1S/C21H20N4O3/c1-14(21(28)23-18-10-8-17(9-11-18)22-15(2)26)25-20(27)13-12-19(24-25)16-6-4-3-5-7-16/h3-14H,1-2H3,(H,22,26)(H,23,28). The van der Waals surface area contributed by atoms with Gasteiger partial charge in [0.1, 0.15) is 6.04 Å². The minimum absolute atomic E-state index is 0.172. The van der Waals surface area contributed by atoms with Crippen LogP contribution in [0.1, 0.15) is 19.9 Å². The Bertz CT molecular complexity index is 1040. The van der Waals surface area contributed by atoms with Gasteiger partial charge in [0.15, 0.2) is 0 Å². The maximum Gasteiger partial charge on any atom is 0.267 e. The number of anilines is 2. The number of benzene rings is 2. The molecule has 2 N–H and O–H groups in total. The summed E-state index contributed by atoms with van der Waals surface area (Å²) in [6.45, 7) is 3.04. The van der Waals surface area contributed by atoms with Gasteiger partial charge >= 0.3 is 0 Å². The molecule has 7 nitrogen and oxygen atoms in total. The largest absolute Gasteiger partial charge is 0.326 e. The van der Waals surface area contributed by atoms with Crippen molar-refractivity contribution < 1.29 is 9.59 Å². The molecule has 0 radical (unpaired) electrons. The predicted molar refractivity (Wildman–Crippen MR) is 108 cm³/mol. The molecule has 142 valence electrons. The van der Waals surface area contributed by atoms with Gasteiger partial charge in [-0.15, -0.1) is 0 Å². The first-order valence-corrected chi connectivity index (χ1v) is 8.78. The zero-order valence-electron chi connectivity index (χ0n) is 15.5. The number of rotatable bonds is 5. The highest BCUT2D eigenvalue weighted by Gasteiger charge is 2.18. The van der Waals surface area contributed by atoms with E-state index in [0.717, 1.165) is 5.56 Å². The van der Waals surface area contributed by atoms with Crippen LogP contribution in [0.2, 0.25) is 0 Å². The van der Waals surface area contributed by atoms with Gasteiger partial charge in [-0.3, -0.25) is 14.4 Å². The number of hydrogen-bond acceptors (Lipinski definition) is 4. The van der Waals surface area contributed by atoms with E-state index in [4.69, 9.17) is 0 Å². The molecule has 3 aromatic rings. The highest BCUT2D eigenvalue weighted by atomic mass is 16.2. The molecule has 0 saturated carbocycles. The third-order valence-corrected chi connectivity index (χ3v) is 4.11. The maximum atomic E-state index is 12.6. The second kappa shape index (κ2) is 8.30. The van der Waals surface area contributed by atoms with Crippen molar-refractivity contribution in [1.82, 2.24) is 9.78 Å². The molecule has 1 aromatic heterocycles. The lowest BCUT2D eigenvalue weighted by molar-refractivity contribution is -0.119. The fourth-order valence-electron chi connectivity index (χ4n) is 2.66. The maximum absolute atomic E-state index is 12.6. The average molecular weight is 376 g/mol. The molecule has 0 aliphatic carbocycles. The first-order chi connectivity index (χ1) is 13.4. The van der Waals surface area contributed by atoms with Gasteiger partial charge in [0, 0.05) is 29.9 Å². The number of carbonyl (C=O) groups excluding carboxylic acids is 2. The van der Waals surface area contributed by atoms with Crippen LogP contribution in [0.25, 0.3) is 11.3 Å². The third kappa shape index (κ3) is 4.50. The molecule has 0 aliphatic rings. The summed E-state index contributed by atoms with van der Waals surface area (Å²) in [6.07, 6.45) is 0. The summed E-state index contributed by atoms with van der Waals surface area (Å²) in [4.78, 5) is 35.9. The molecule has 2 amide bonds. The first-order valence-electron chi connectivity index (χ1n) is 8.78. The van der Waals surface area contributed by atoms with E-state index in [-0.39, 0.29) is 17.4 Å². The van der Waals surface area contributed by atoms with E-state index in [2.05, 4.69) is 15.7 Å². The molecule has 0 aliphatic heterocycles. The van der Waals surface area contributed by atoms with Crippen molar-refractivity contribution >= 4 is 23.2 Å². The number of aromatic nitrogens is 2. The fourth-order valence-corrected chi connectivity index (χ4v) is 2.66. The Morgan fingerprint density at radius 2 is 1.50 bits per heavy atom. The van der Waals surface area contributed by atoms with Gasteiger partial charge in [0.05, 0.1) is 5.69 Å². The predicted octanol–water partition coefficient (Wildman–Crippen LogP) is 3.07. The second-order valence-electron chi connectivity index (χ2n) is 6.29. The molecule has 1 atom stereocenters. The Balaban J connectivity index is 1.78. The van der Waals surface area contributed by atoms with Crippen LogP contribution < -0.4 is 16.2 Å². The molecule has 0 saturated heterocycles. The summed E-state index contributed by atoms with van der Waals surface area (Å²) in [5.74, 6) is -0.541. The summed E-state index contributed by atoms with van der Waals surface area (Å²) in [7, 11) is 0. The zero-order valence-corrected chi connectivity index (χ0v) is 15.5. The van der Waals surface area contributed by atoms with Crippen molar-refractivity contribution in [3.8, 4) is 11.3 Å². The summed E-state index contributed by atoms with van der Waals surface area (Å²) in [5, 5.41) is 9.76. The summed E-state index contributed by atoms with van der Waals surface area (Å²) in [5.41, 5.74) is 2.30. The molecule has 0 fully saturated rings. The van der Waals surface area contributed by atoms with Crippen LogP contribution in [-0.4, -0.2) is 21.6 Å². The smallest absolute Gasteiger partial charge is 0.267 e. The number of amides is 2. The van der Waals surface area contributed by atoms with E-state index < -0.39 is 6.04 Å². The monoisotopic (exact) mass is 376 g/mol. The number of carbonyl (C=O) groups is 2. The molecule has 1 heterocycles. The fraction of sp³-hybridized carbons (Fsp3) is 0.143. The van der Waals surface area contributed by atoms with E-state index in [9.17, 15) is 14.4 Å². The van der Waals surface area contributed by atoms with E-state index in [0.29, 0.717) is 17.1 Å². The van der Waals surface area contributed by atoms with Crippen molar-refractivity contribution in [2.75, 3.05) is 10.6 Å². The van der Waals surface area contributed by atoms with Crippen LogP contribution in [-0.2, 0) is 9.59 Å². The molecule has 0 spiro atoms. The highest BCUT2D eigenvalue weighted by Crippen LogP contribution is 2.17. The quantitative estimate of drug-likeness (QED) is 0.716. The molecular weight excluding hydrogens is 356 g/mol. The van der Waals surface area contributed by atoms with Crippen molar-refractivity contribution in [2.45, 2.75) is 19.9 Å². The molecule has 3 rings (SSSR count). The van der Waals surface area contributed by atoms with E-state index in [1.807, 2.05) is 30.3 Å². The Morgan fingerprint density at radius 3 is 2.11 bits per heavy atom. The van der Waals surface area contributed by atoms with Crippen molar-refractivity contribution in [2.24, 2.45) is 0 Å². The lowest BCUT2D eigenvalue weighted by atomic mass is 10.1. The molecule has 2 aromatic carbocycles. The van der Waals surface area contributed by atoms with Gasteiger partial charge in [0.2, 0.25) is 11.8 Å². The van der Waals surface area contributed by atoms with Crippen LogP contribution in [0.15, 0.2) is 71.5 Å². The SMILES string of the molecule is CC(=O)Nc1ccc(NC(=O)C(C)n2nc(-c3ccccc3)ccc2=O)cc1. The number of hydrogen-bond donors (Lipinski definition) is 2. The van der Waals surface area contributed by atoms with Gasteiger partial charge in [-0.25, -0.2) is 4.68 Å². The molecular formula is C21H20N4O3. The summed E-state index contributed by atoms with van der Waals surface area (Å²) in [6, 6.07) is 18.4. The summed E-state index contributed by atoms with van der Waals surface area (Å²) >= 11 is 0. The third-order valence-electron chi connectivity index (χ3n) is 4.11. The Kier molecular flexibility index (Phi) is 5.64. The van der Waals surface area contributed by atoms with Crippen LogP contribution in [0.3, 0.4) is 0 Å². The van der Waals surface area contributed by atoms with Crippen molar-refractivity contribution in [3.05, 3.63) is 77.1 Å². The molecule has 1 unspecified atom stereocenters. The van der Waals surface area contributed by atoms with Gasteiger partial charge < -0.3 is 10.6 Å². The minimum Gasteiger partial charge on any atom is -0.326 e. The second-order valence-corrected chi connectivity index (χ2v) is 6.29. The summed E-state index contributed by atoms with van der Waals surface area (Å²) < 4.78 is 1.17. The molecule has 0 bridgehead atoms. The van der Waals surface area contributed by atoms with Crippen molar-refractivity contribution in [1.29, 1.82) is 0 Å².